The fraction of sp³-hybridized carbons (Fsp3) is 0.300. The number of rotatable bonds is 4. The molecule has 3 N–H and O–H groups in total. The molecule has 1 aliphatic carbocycles. The molecule has 142 valence electrons. The number of halogens is 2. The second kappa shape index (κ2) is 8.63. The second-order valence-electron chi connectivity index (χ2n) is 6.63. The van der Waals surface area contributed by atoms with E-state index in [4.69, 9.17) is 23.2 Å². The molecular formula is C20H21Cl2N3O2. The highest BCUT2D eigenvalue weighted by Crippen LogP contribution is 2.25. The van der Waals surface area contributed by atoms with E-state index in [0.717, 1.165) is 18.4 Å². The van der Waals surface area contributed by atoms with Crippen molar-refractivity contribution in [2.75, 3.05) is 5.43 Å². The van der Waals surface area contributed by atoms with Crippen LogP contribution in [0.1, 0.15) is 42.5 Å². The minimum absolute atomic E-state index is 0.269. The number of carbonyl (C=O) groups is 2. The number of hydrazine groups is 1. The van der Waals surface area contributed by atoms with Crippen LogP contribution in [0, 0.1) is 0 Å². The Labute approximate surface area is 168 Å². The molecule has 5 nitrogen and oxygen atoms in total. The highest BCUT2D eigenvalue weighted by molar-refractivity contribution is 6.37. The highest BCUT2D eigenvalue weighted by atomic mass is 35.5. The molecular weight excluding hydrogens is 385 g/mol. The van der Waals surface area contributed by atoms with E-state index in [2.05, 4.69) is 28.3 Å². The Hall–Kier alpha value is -2.24. The fourth-order valence-electron chi connectivity index (χ4n) is 3.14. The van der Waals surface area contributed by atoms with Gasteiger partial charge in [-0.3, -0.25) is 20.4 Å². The van der Waals surface area contributed by atoms with E-state index in [0.29, 0.717) is 15.7 Å². The smallest absolute Gasteiger partial charge is 0.327 e. The molecule has 0 unspecified atom stereocenters. The van der Waals surface area contributed by atoms with Crippen molar-refractivity contribution in [1.29, 1.82) is 0 Å². The first-order chi connectivity index (χ1) is 12.9. The van der Waals surface area contributed by atoms with Crippen molar-refractivity contribution in [3.8, 4) is 0 Å². The quantitative estimate of drug-likeness (QED) is 0.527. The van der Waals surface area contributed by atoms with Crippen molar-refractivity contribution in [1.82, 2.24) is 10.7 Å². The van der Waals surface area contributed by atoms with Crippen molar-refractivity contribution in [3.63, 3.8) is 0 Å². The first-order valence-electron chi connectivity index (χ1n) is 8.87. The lowest BCUT2D eigenvalue weighted by Crippen LogP contribution is -2.43. The molecule has 0 fully saturated rings. The average molecular weight is 406 g/mol. The van der Waals surface area contributed by atoms with E-state index in [1.807, 2.05) is 13.0 Å². The minimum Gasteiger partial charge on any atom is -0.341 e. The number of aryl methyl sites for hydroxylation is 2. The molecule has 3 rings (SSSR count). The van der Waals surface area contributed by atoms with Crippen LogP contribution < -0.4 is 16.2 Å². The van der Waals surface area contributed by atoms with Gasteiger partial charge in [-0.1, -0.05) is 41.4 Å². The van der Waals surface area contributed by atoms with Crippen molar-refractivity contribution in [2.24, 2.45) is 0 Å². The lowest BCUT2D eigenvalue weighted by atomic mass is 9.89. The Kier molecular flexibility index (Phi) is 6.24. The Morgan fingerprint density at radius 2 is 1.70 bits per heavy atom. The van der Waals surface area contributed by atoms with E-state index >= 15 is 0 Å². The lowest BCUT2D eigenvalue weighted by Gasteiger charge is -2.20. The maximum atomic E-state index is 12.2. The molecule has 2 amide bonds. The van der Waals surface area contributed by atoms with Crippen LogP contribution >= 0.6 is 23.2 Å². The zero-order valence-corrected chi connectivity index (χ0v) is 16.5. The van der Waals surface area contributed by atoms with Gasteiger partial charge in [0.2, 0.25) is 0 Å². The summed E-state index contributed by atoms with van der Waals surface area (Å²) in [5.74, 6) is -1.52. The van der Waals surface area contributed by atoms with Gasteiger partial charge in [0.1, 0.15) is 0 Å². The van der Waals surface area contributed by atoms with Crippen LogP contribution in [-0.4, -0.2) is 11.8 Å². The molecule has 0 radical (unpaired) electrons. The van der Waals surface area contributed by atoms with Crippen LogP contribution in [0.3, 0.4) is 0 Å². The summed E-state index contributed by atoms with van der Waals surface area (Å²) in [6.07, 6.45) is 4.59. The monoisotopic (exact) mass is 405 g/mol. The normalized spacial score (nSPS) is 14.0. The van der Waals surface area contributed by atoms with Gasteiger partial charge in [0.15, 0.2) is 0 Å². The summed E-state index contributed by atoms with van der Waals surface area (Å²) in [6.45, 7) is 1.86. The predicted octanol–water partition coefficient (Wildman–Crippen LogP) is 4.19. The van der Waals surface area contributed by atoms with Gasteiger partial charge in [-0.25, -0.2) is 0 Å². The van der Waals surface area contributed by atoms with Crippen LogP contribution in [0.4, 0.5) is 5.69 Å². The molecule has 0 bridgehead atoms. The number of carbonyl (C=O) groups excluding carboxylic acids is 2. The molecule has 0 saturated heterocycles. The third-order valence-corrected chi connectivity index (χ3v) is 5.22. The standard InChI is InChI=1S/C20H21Cl2N3O2/c1-12(14-7-6-13-4-2-3-5-15(13)10-14)23-19(26)20(27)25-24-18-9-8-16(21)11-17(18)22/h6-12,24H,2-5H2,1H3,(H,23,26)(H,25,27)/t12-/m1/s1. The van der Waals surface area contributed by atoms with Gasteiger partial charge in [0, 0.05) is 5.02 Å². The van der Waals surface area contributed by atoms with Gasteiger partial charge >= 0.3 is 11.8 Å². The van der Waals surface area contributed by atoms with Crippen LogP contribution in [-0.2, 0) is 22.4 Å². The van der Waals surface area contributed by atoms with E-state index in [1.165, 1.54) is 30.0 Å². The number of anilines is 1. The Morgan fingerprint density at radius 1 is 0.963 bits per heavy atom. The highest BCUT2D eigenvalue weighted by Gasteiger charge is 2.18. The van der Waals surface area contributed by atoms with E-state index in [9.17, 15) is 9.59 Å². The third kappa shape index (κ3) is 4.93. The molecule has 7 heteroatoms. The summed E-state index contributed by atoms with van der Waals surface area (Å²) >= 11 is 11.8. The predicted molar refractivity (Wildman–Crippen MR) is 108 cm³/mol. The van der Waals surface area contributed by atoms with Crippen molar-refractivity contribution >= 4 is 40.7 Å². The van der Waals surface area contributed by atoms with Crippen LogP contribution in [0.2, 0.25) is 10.0 Å². The van der Waals surface area contributed by atoms with Crippen molar-refractivity contribution < 1.29 is 9.59 Å². The van der Waals surface area contributed by atoms with Crippen LogP contribution in [0.25, 0.3) is 0 Å². The van der Waals surface area contributed by atoms with Gasteiger partial charge in [0.05, 0.1) is 16.8 Å². The second-order valence-corrected chi connectivity index (χ2v) is 7.48. The third-order valence-electron chi connectivity index (χ3n) is 4.67. The number of fused-ring (bicyclic) bond motifs is 1. The SMILES string of the molecule is C[C@@H](NC(=O)C(=O)NNc1ccc(Cl)cc1Cl)c1ccc2c(c1)CCCC2. The maximum Gasteiger partial charge on any atom is 0.327 e. The Morgan fingerprint density at radius 3 is 2.44 bits per heavy atom. The molecule has 0 spiro atoms. The minimum atomic E-state index is -0.800. The zero-order valence-electron chi connectivity index (χ0n) is 14.9. The van der Waals surface area contributed by atoms with Gasteiger partial charge in [-0.2, -0.15) is 0 Å². The van der Waals surface area contributed by atoms with Crippen molar-refractivity contribution in [3.05, 3.63) is 63.1 Å². The maximum absolute atomic E-state index is 12.2. The molecule has 27 heavy (non-hydrogen) atoms. The molecule has 0 aromatic heterocycles. The van der Waals surface area contributed by atoms with E-state index in [-0.39, 0.29) is 6.04 Å². The first-order valence-corrected chi connectivity index (χ1v) is 9.63. The van der Waals surface area contributed by atoms with E-state index in [1.54, 1.807) is 12.1 Å². The summed E-state index contributed by atoms with van der Waals surface area (Å²) in [5, 5.41) is 3.54. The van der Waals surface area contributed by atoms with Crippen LogP contribution in [0.5, 0.6) is 0 Å². The average Bonchev–Trinajstić information content (AvgIpc) is 2.66. The van der Waals surface area contributed by atoms with Gasteiger partial charge in [-0.05, 0) is 67.5 Å². The van der Waals surface area contributed by atoms with Crippen molar-refractivity contribution in [2.45, 2.75) is 38.6 Å². The summed E-state index contributed by atoms with van der Waals surface area (Å²) < 4.78 is 0. The largest absolute Gasteiger partial charge is 0.341 e. The molecule has 2 aromatic carbocycles. The lowest BCUT2D eigenvalue weighted by molar-refractivity contribution is -0.139. The molecule has 1 aliphatic rings. The molecule has 0 aliphatic heterocycles. The van der Waals surface area contributed by atoms with E-state index < -0.39 is 11.8 Å². The Balaban J connectivity index is 1.56. The molecule has 0 heterocycles. The Bertz CT molecular complexity index is 870. The van der Waals surface area contributed by atoms with Gasteiger partial charge < -0.3 is 5.32 Å². The molecule has 1 atom stereocenters. The van der Waals surface area contributed by atoms with Gasteiger partial charge in [-0.15, -0.1) is 0 Å². The number of amides is 2. The summed E-state index contributed by atoms with van der Waals surface area (Å²) in [6, 6.07) is 10.8. The fourth-order valence-corrected chi connectivity index (χ4v) is 3.60. The van der Waals surface area contributed by atoms with Crippen LogP contribution in [0.15, 0.2) is 36.4 Å². The summed E-state index contributed by atoms with van der Waals surface area (Å²) in [4.78, 5) is 24.2. The first kappa shape index (κ1) is 19.5. The topological polar surface area (TPSA) is 70.2 Å². The number of benzene rings is 2. The number of hydrogen-bond donors (Lipinski definition) is 3. The number of nitrogens with one attached hydrogen (secondary N) is 3. The summed E-state index contributed by atoms with van der Waals surface area (Å²) in [7, 11) is 0. The molecule has 2 aromatic rings. The summed E-state index contributed by atoms with van der Waals surface area (Å²) in [5.41, 5.74) is 9.12. The zero-order chi connectivity index (χ0) is 19.4. The van der Waals surface area contributed by atoms with Gasteiger partial charge in [0.25, 0.3) is 0 Å². The number of hydrogen-bond acceptors (Lipinski definition) is 3. The molecule has 0 saturated carbocycles.